The van der Waals surface area contributed by atoms with Gasteiger partial charge in [-0.25, -0.2) is 4.79 Å². The minimum Gasteiger partial charge on any atom is -0.391 e. The Kier molecular flexibility index (Phi) is 3.21. The number of rotatable bonds is 1. The molecule has 5 heteroatoms. The lowest BCUT2D eigenvalue weighted by Gasteiger charge is -2.15. The Morgan fingerprint density at radius 1 is 1.50 bits per heavy atom. The topological polar surface area (TPSA) is 41.1 Å². The van der Waals surface area contributed by atoms with Crippen LogP contribution < -0.4 is 10.5 Å². The fourth-order valence-electron chi connectivity index (χ4n) is 0.962. The molecule has 0 aliphatic rings. The second-order valence-corrected chi connectivity index (χ2v) is 4.96. The highest BCUT2D eigenvalue weighted by Gasteiger charge is 2.16. The monoisotopic (exact) mass is 208 g/mol. The molecule has 3 nitrogen and oxygen atoms in total. The van der Waals surface area contributed by atoms with Crippen molar-refractivity contribution in [3.63, 3.8) is 0 Å². The third-order valence-electron chi connectivity index (χ3n) is 1.73. The Balaban J connectivity index is 2.74. The Morgan fingerprint density at radius 2 is 2.14 bits per heavy atom. The molecule has 14 heavy (non-hydrogen) atoms. The summed E-state index contributed by atoms with van der Waals surface area (Å²) in [6.07, 6.45) is 0. The molecule has 0 saturated carbocycles. The minimum atomic E-state index is -0.400. The number of amides is 2. The lowest BCUT2D eigenvalue weighted by atomic mass is 9.95. The van der Waals surface area contributed by atoms with Crippen LogP contribution in [0.4, 0.5) is 10.5 Å². The van der Waals surface area contributed by atoms with Gasteiger partial charge in [-0.3, -0.25) is 0 Å². The van der Waals surface area contributed by atoms with E-state index in [0.717, 1.165) is 5.69 Å². The molecule has 2 radical (unpaired) electrons. The van der Waals surface area contributed by atoms with Crippen molar-refractivity contribution in [1.29, 1.82) is 0 Å². The zero-order valence-corrected chi connectivity index (χ0v) is 9.37. The molecule has 2 amide bonds. The molecule has 1 aromatic rings. The molecule has 0 fully saturated rings. The molecule has 0 spiro atoms. The number of urea groups is 1. The predicted molar refractivity (Wildman–Crippen MR) is 60.9 cm³/mol. The van der Waals surface area contributed by atoms with Crippen LogP contribution in [0.2, 0.25) is 0 Å². The molecule has 0 unspecified atom stereocenters. The quantitative estimate of drug-likeness (QED) is 0.682. The van der Waals surface area contributed by atoms with E-state index < -0.39 is 6.03 Å². The zero-order valence-electron chi connectivity index (χ0n) is 8.55. The average Bonchev–Trinajstić information content (AvgIpc) is 2.51. The van der Waals surface area contributed by atoms with Crippen LogP contribution in [0.1, 0.15) is 25.6 Å². The number of carbonyl (C=O) groups is 1. The Hall–Kier alpha value is -0.965. The van der Waals surface area contributed by atoms with E-state index in [1.165, 1.54) is 4.88 Å². The number of thiophene rings is 1. The number of hydrogen-bond acceptors (Lipinski definition) is 2. The largest absolute Gasteiger partial charge is 0.391 e. The number of nitrogens with one attached hydrogen (secondary N) is 2. The van der Waals surface area contributed by atoms with Crippen molar-refractivity contribution in [3.05, 3.63) is 16.3 Å². The second-order valence-electron chi connectivity index (χ2n) is 4.05. The highest BCUT2D eigenvalue weighted by atomic mass is 32.1. The van der Waals surface area contributed by atoms with E-state index in [4.69, 9.17) is 7.98 Å². The smallest absolute Gasteiger partial charge is 0.306 e. The van der Waals surface area contributed by atoms with Crippen LogP contribution in [-0.4, -0.2) is 14.0 Å². The van der Waals surface area contributed by atoms with E-state index in [2.05, 4.69) is 26.1 Å². The Bertz CT molecular complexity index is 330. The normalized spacial score (nSPS) is 11.1. The Labute approximate surface area is 89.3 Å². The Morgan fingerprint density at radius 3 is 2.57 bits per heavy atom. The van der Waals surface area contributed by atoms with Gasteiger partial charge in [-0.15, -0.1) is 11.3 Å². The molecule has 0 aliphatic heterocycles. The standard InChI is InChI=1S/C9H13BN2OS/c1-9(2,3)7-4-6(5-14-7)11-8(13)12-10/h4-5H,1-3H3,(H2,11,12,13). The third-order valence-corrected chi connectivity index (χ3v) is 3.08. The molecule has 0 aliphatic carbocycles. The summed E-state index contributed by atoms with van der Waals surface area (Å²) in [6.45, 7) is 6.39. The second kappa shape index (κ2) is 4.04. The van der Waals surface area contributed by atoms with Gasteiger partial charge in [-0.05, 0) is 11.5 Å². The van der Waals surface area contributed by atoms with Crippen molar-refractivity contribution in [2.24, 2.45) is 0 Å². The summed E-state index contributed by atoms with van der Waals surface area (Å²) in [6, 6.07) is 1.56. The highest BCUT2D eigenvalue weighted by molar-refractivity contribution is 7.10. The van der Waals surface area contributed by atoms with Gasteiger partial charge < -0.3 is 10.5 Å². The molecule has 0 atom stereocenters. The molecular formula is C9H13BN2OS. The van der Waals surface area contributed by atoms with E-state index in [0.29, 0.717) is 0 Å². The van der Waals surface area contributed by atoms with Crippen LogP contribution in [0.15, 0.2) is 11.4 Å². The van der Waals surface area contributed by atoms with Gasteiger partial charge in [-0.1, -0.05) is 20.8 Å². The predicted octanol–water partition coefficient (Wildman–Crippen LogP) is 2.25. The number of hydrogen-bond donors (Lipinski definition) is 2. The molecule has 0 aromatic carbocycles. The first-order chi connectivity index (χ1) is 6.43. The van der Waals surface area contributed by atoms with Crippen molar-refractivity contribution in [3.8, 4) is 0 Å². The van der Waals surface area contributed by atoms with E-state index in [1.54, 1.807) is 11.3 Å². The molecule has 0 bridgehead atoms. The van der Waals surface area contributed by atoms with Crippen molar-refractivity contribution in [2.75, 3.05) is 5.32 Å². The van der Waals surface area contributed by atoms with Crippen LogP contribution in [-0.2, 0) is 5.41 Å². The summed E-state index contributed by atoms with van der Waals surface area (Å²) in [7, 11) is 4.95. The van der Waals surface area contributed by atoms with E-state index in [9.17, 15) is 4.79 Å². The van der Waals surface area contributed by atoms with Crippen LogP contribution in [0.3, 0.4) is 0 Å². The van der Waals surface area contributed by atoms with E-state index in [1.807, 2.05) is 16.7 Å². The maximum atomic E-state index is 10.9. The van der Waals surface area contributed by atoms with Crippen molar-refractivity contribution < 1.29 is 4.79 Å². The van der Waals surface area contributed by atoms with E-state index >= 15 is 0 Å². The first kappa shape index (κ1) is 11.1. The summed E-state index contributed by atoms with van der Waals surface area (Å²) in [5.74, 6) is 0. The van der Waals surface area contributed by atoms with Gasteiger partial charge in [0.25, 0.3) is 0 Å². The van der Waals surface area contributed by atoms with Gasteiger partial charge in [-0.2, -0.15) is 0 Å². The average molecular weight is 208 g/mol. The molecule has 74 valence electrons. The summed E-state index contributed by atoms with van der Waals surface area (Å²) < 4.78 is 0. The lowest BCUT2D eigenvalue weighted by Crippen LogP contribution is -2.25. The fraction of sp³-hybridized carbons (Fsp3) is 0.444. The highest BCUT2D eigenvalue weighted by Crippen LogP contribution is 2.30. The molecular weight excluding hydrogens is 195 g/mol. The summed E-state index contributed by atoms with van der Waals surface area (Å²) in [5, 5.41) is 6.53. The summed E-state index contributed by atoms with van der Waals surface area (Å²) in [5.41, 5.74) is 0.895. The minimum absolute atomic E-state index is 0.115. The van der Waals surface area contributed by atoms with Crippen LogP contribution in [0.25, 0.3) is 0 Å². The van der Waals surface area contributed by atoms with Gasteiger partial charge in [0.2, 0.25) is 7.98 Å². The lowest BCUT2D eigenvalue weighted by molar-refractivity contribution is 0.257. The molecule has 1 heterocycles. The van der Waals surface area contributed by atoms with Crippen LogP contribution in [0.5, 0.6) is 0 Å². The zero-order chi connectivity index (χ0) is 10.8. The fourth-order valence-corrected chi connectivity index (χ4v) is 1.89. The first-order valence-electron chi connectivity index (χ1n) is 4.30. The molecule has 0 saturated heterocycles. The van der Waals surface area contributed by atoms with Gasteiger partial charge in [0.05, 0.1) is 5.69 Å². The van der Waals surface area contributed by atoms with Crippen molar-refractivity contribution in [2.45, 2.75) is 26.2 Å². The van der Waals surface area contributed by atoms with E-state index in [-0.39, 0.29) is 5.41 Å². The van der Waals surface area contributed by atoms with Gasteiger partial charge in [0.1, 0.15) is 0 Å². The SMILES string of the molecule is [B]NC(=O)Nc1csc(C(C)(C)C)c1. The number of anilines is 1. The summed E-state index contributed by atoms with van der Waals surface area (Å²) >= 11 is 1.63. The van der Waals surface area contributed by atoms with Crippen LogP contribution >= 0.6 is 11.3 Å². The summed E-state index contributed by atoms with van der Waals surface area (Å²) in [4.78, 5) is 12.1. The first-order valence-corrected chi connectivity index (χ1v) is 5.18. The van der Waals surface area contributed by atoms with Crippen LogP contribution in [0, 0.1) is 0 Å². The number of carbonyl (C=O) groups excluding carboxylic acids is 1. The van der Waals surface area contributed by atoms with Gasteiger partial charge in [0, 0.05) is 10.3 Å². The molecule has 1 rings (SSSR count). The van der Waals surface area contributed by atoms with Crippen molar-refractivity contribution >= 4 is 31.0 Å². The third kappa shape index (κ3) is 2.77. The van der Waals surface area contributed by atoms with Gasteiger partial charge >= 0.3 is 6.03 Å². The maximum absolute atomic E-state index is 10.9. The molecule has 1 aromatic heterocycles. The van der Waals surface area contributed by atoms with Gasteiger partial charge in [0.15, 0.2) is 0 Å². The molecule has 2 N–H and O–H groups in total. The van der Waals surface area contributed by atoms with Crippen molar-refractivity contribution in [1.82, 2.24) is 5.23 Å². The maximum Gasteiger partial charge on any atom is 0.306 e.